The molecule has 1 aromatic heterocycles. The van der Waals surface area contributed by atoms with Crippen molar-refractivity contribution in [3.8, 4) is 11.1 Å². The lowest BCUT2D eigenvalue weighted by molar-refractivity contribution is -0.118. The Morgan fingerprint density at radius 1 is 1.00 bits per heavy atom. The van der Waals surface area contributed by atoms with Gasteiger partial charge in [-0.05, 0) is 24.6 Å². The number of ether oxygens (including phenoxy) is 1. The van der Waals surface area contributed by atoms with E-state index in [9.17, 15) is 19.2 Å². The van der Waals surface area contributed by atoms with E-state index in [1.165, 1.54) is 11.3 Å². The molecule has 7 nitrogen and oxygen atoms in total. The summed E-state index contributed by atoms with van der Waals surface area (Å²) in [5.41, 5.74) is 2.40. The van der Waals surface area contributed by atoms with E-state index in [2.05, 4.69) is 5.32 Å². The van der Waals surface area contributed by atoms with E-state index >= 15 is 0 Å². The maximum Gasteiger partial charge on any atom is 0.341 e. The van der Waals surface area contributed by atoms with E-state index in [0.717, 1.165) is 10.5 Å². The molecule has 0 fully saturated rings. The number of nitrogens with zero attached hydrogens (tertiary/aromatic N) is 1. The fourth-order valence-corrected chi connectivity index (χ4v) is 4.37. The van der Waals surface area contributed by atoms with Gasteiger partial charge in [-0.3, -0.25) is 19.3 Å². The van der Waals surface area contributed by atoms with Gasteiger partial charge in [-0.1, -0.05) is 42.5 Å². The summed E-state index contributed by atoms with van der Waals surface area (Å²) in [6, 6.07) is 15.8. The number of amides is 2. The van der Waals surface area contributed by atoms with Gasteiger partial charge in [-0.15, -0.1) is 11.3 Å². The molecule has 2 heterocycles. The van der Waals surface area contributed by atoms with E-state index in [1.807, 2.05) is 30.3 Å². The van der Waals surface area contributed by atoms with E-state index in [4.69, 9.17) is 4.74 Å². The predicted molar refractivity (Wildman–Crippen MR) is 117 cm³/mol. The summed E-state index contributed by atoms with van der Waals surface area (Å²) in [7, 11) is 0. The lowest BCUT2D eigenvalue weighted by atomic mass is 10.0. The van der Waals surface area contributed by atoms with Gasteiger partial charge >= 0.3 is 5.97 Å². The monoisotopic (exact) mass is 434 g/mol. The number of hydrogen-bond acceptors (Lipinski definition) is 6. The van der Waals surface area contributed by atoms with Crippen LogP contribution >= 0.6 is 11.3 Å². The van der Waals surface area contributed by atoms with Crippen LogP contribution in [0.4, 0.5) is 10.7 Å². The van der Waals surface area contributed by atoms with Crippen molar-refractivity contribution in [2.45, 2.75) is 6.92 Å². The molecule has 0 radical (unpaired) electrons. The lowest BCUT2D eigenvalue weighted by Crippen LogP contribution is -2.37. The number of benzene rings is 2. The molecule has 8 heteroatoms. The largest absolute Gasteiger partial charge is 0.462 e. The number of Topliss-reactive ketones (excluding diaryl/α,β-unsaturated/α-hetero) is 1. The van der Waals surface area contributed by atoms with Gasteiger partial charge in [0.15, 0.2) is 0 Å². The van der Waals surface area contributed by atoms with Crippen LogP contribution in [-0.4, -0.2) is 36.7 Å². The molecule has 0 spiro atoms. The molecule has 1 aliphatic rings. The molecule has 0 saturated carbocycles. The minimum atomic E-state index is -0.752. The van der Waals surface area contributed by atoms with Gasteiger partial charge < -0.3 is 10.1 Å². The van der Waals surface area contributed by atoms with Crippen LogP contribution in [0.15, 0.2) is 60.0 Å². The second-order valence-corrected chi connectivity index (χ2v) is 7.61. The third-order valence-corrected chi connectivity index (χ3v) is 5.68. The molecule has 0 bridgehead atoms. The van der Waals surface area contributed by atoms with Crippen molar-refractivity contribution in [3.05, 3.63) is 71.1 Å². The minimum Gasteiger partial charge on any atom is -0.462 e. The smallest absolute Gasteiger partial charge is 0.341 e. The molecule has 156 valence electrons. The van der Waals surface area contributed by atoms with Crippen molar-refractivity contribution < 1.29 is 23.9 Å². The summed E-state index contributed by atoms with van der Waals surface area (Å²) in [5, 5.41) is 4.81. The zero-order valence-corrected chi connectivity index (χ0v) is 17.4. The zero-order valence-electron chi connectivity index (χ0n) is 16.6. The third-order valence-electron chi connectivity index (χ3n) is 4.79. The first-order valence-corrected chi connectivity index (χ1v) is 10.5. The van der Waals surface area contributed by atoms with Crippen molar-refractivity contribution in [2.75, 3.05) is 23.4 Å². The lowest BCUT2D eigenvalue weighted by Gasteiger charge is -2.16. The van der Waals surface area contributed by atoms with E-state index in [-0.39, 0.29) is 24.3 Å². The molecule has 31 heavy (non-hydrogen) atoms. The van der Waals surface area contributed by atoms with Crippen LogP contribution in [0.25, 0.3) is 11.1 Å². The van der Waals surface area contributed by atoms with Crippen LogP contribution in [0.3, 0.4) is 0 Å². The topological polar surface area (TPSA) is 92.8 Å². The number of esters is 1. The highest BCUT2D eigenvalue weighted by Gasteiger charge is 2.36. The summed E-state index contributed by atoms with van der Waals surface area (Å²) < 4.78 is 5.19. The Kier molecular flexibility index (Phi) is 5.64. The van der Waals surface area contributed by atoms with Gasteiger partial charge in [0.25, 0.3) is 11.7 Å². The van der Waals surface area contributed by atoms with Gasteiger partial charge in [0.2, 0.25) is 5.91 Å². The summed E-state index contributed by atoms with van der Waals surface area (Å²) in [4.78, 5) is 51.0. The Morgan fingerprint density at radius 3 is 2.45 bits per heavy atom. The van der Waals surface area contributed by atoms with Gasteiger partial charge in [-0.2, -0.15) is 0 Å². The first-order chi connectivity index (χ1) is 15.0. The maximum atomic E-state index is 12.7. The van der Waals surface area contributed by atoms with E-state index < -0.39 is 23.6 Å². The molecule has 4 rings (SSSR count). The number of fused-ring (bicyclic) bond motifs is 1. The highest BCUT2D eigenvalue weighted by Crippen LogP contribution is 2.36. The van der Waals surface area contributed by atoms with Gasteiger partial charge in [-0.25, -0.2) is 4.79 Å². The Labute approximate surface area is 182 Å². The average molecular weight is 434 g/mol. The van der Waals surface area contributed by atoms with Crippen molar-refractivity contribution >= 4 is 45.6 Å². The number of carbonyl (C=O) groups is 4. The summed E-state index contributed by atoms with van der Waals surface area (Å²) in [6.45, 7) is 1.55. The summed E-state index contributed by atoms with van der Waals surface area (Å²) in [5.74, 6) is -2.46. The van der Waals surface area contributed by atoms with Crippen molar-refractivity contribution in [1.82, 2.24) is 0 Å². The number of rotatable bonds is 6. The summed E-state index contributed by atoms with van der Waals surface area (Å²) >= 11 is 1.20. The predicted octanol–water partition coefficient (Wildman–Crippen LogP) is 3.76. The molecular weight excluding hydrogens is 416 g/mol. The first kappa shape index (κ1) is 20.5. The number of nitrogens with one attached hydrogen (secondary N) is 1. The average Bonchev–Trinajstić information content (AvgIpc) is 3.30. The number of thiophene rings is 1. The molecule has 2 amide bonds. The Bertz CT molecular complexity index is 1190. The van der Waals surface area contributed by atoms with Crippen LogP contribution in [0.5, 0.6) is 0 Å². The highest BCUT2D eigenvalue weighted by molar-refractivity contribution is 7.15. The highest BCUT2D eigenvalue weighted by atomic mass is 32.1. The molecule has 0 unspecified atom stereocenters. The fourth-order valence-electron chi connectivity index (χ4n) is 3.40. The van der Waals surface area contributed by atoms with Crippen LogP contribution in [-0.2, 0) is 14.3 Å². The molecule has 2 aromatic carbocycles. The van der Waals surface area contributed by atoms with Crippen LogP contribution in [0.2, 0.25) is 0 Å². The first-order valence-electron chi connectivity index (χ1n) is 9.60. The number of ketones is 1. The minimum absolute atomic E-state index is 0.192. The molecule has 0 atom stereocenters. The molecular formula is C23H18N2O5S. The zero-order chi connectivity index (χ0) is 22.0. The van der Waals surface area contributed by atoms with Gasteiger partial charge in [0.05, 0.1) is 17.9 Å². The van der Waals surface area contributed by atoms with Crippen molar-refractivity contribution in [1.29, 1.82) is 0 Å². The number of para-hydroxylation sites is 1. The Hall–Kier alpha value is -3.78. The Morgan fingerprint density at radius 2 is 1.71 bits per heavy atom. The standard InChI is InChI=1S/C23H18N2O5S/c1-2-30-23(29)19-16(14-8-4-3-5-9-14)13-31-21(19)24-18(26)12-25-17-11-7-6-10-15(17)20(27)22(25)28/h3-11,13H,2,12H2,1H3,(H,24,26). The molecule has 1 aliphatic heterocycles. The van der Waals surface area contributed by atoms with E-state index in [1.54, 1.807) is 36.6 Å². The summed E-state index contributed by atoms with van der Waals surface area (Å²) in [6.07, 6.45) is 0. The molecule has 0 aliphatic carbocycles. The van der Waals surface area contributed by atoms with Crippen LogP contribution in [0.1, 0.15) is 27.6 Å². The third kappa shape index (κ3) is 3.85. The van der Waals surface area contributed by atoms with E-state index in [0.29, 0.717) is 16.3 Å². The van der Waals surface area contributed by atoms with Crippen LogP contribution < -0.4 is 10.2 Å². The quantitative estimate of drug-likeness (QED) is 0.471. The second kappa shape index (κ2) is 8.53. The Balaban J connectivity index is 1.60. The molecule has 0 saturated heterocycles. The fraction of sp³-hybridized carbons (Fsp3) is 0.130. The maximum absolute atomic E-state index is 12.7. The molecule has 1 N–H and O–H groups in total. The second-order valence-electron chi connectivity index (χ2n) is 6.73. The van der Waals surface area contributed by atoms with Crippen molar-refractivity contribution in [3.63, 3.8) is 0 Å². The van der Waals surface area contributed by atoms with Gasteiger partial charge in [0, 0.05) is 10.9 Å². The normalized spacial score (nSPS) is 12.6. The number of hydrogen-bond donors (Lipinski definition) is 1. The van der Waals surface area contributed by atoms with Gasteiger partial charge in [0.1, 0.15) is 17.1 Å². The number of carbonyl (C=O) groups excluding carboxylic acids is 4. The SMILES string of the molecule is CCOC(=O)c1c(-c2ccccc2)csc1NC(=O)CN1C(=O)C(=O)c2ccccc21. The van der Waals surface area contributed by atoms with Crippen molar-refractivity contribution in [2.24, 2.45) is 0 Å². The molecule has 3 aromatic rings. The number of anilines is 2. The van der Waals surface area contributed by atoms with Crippen LogP contribution in [0, 0.1) is 0 Å².